The fraction of sp³-hybridized carbons (Fsp3) is 0.625. The predicted molar refractivity (Wildman–Crippen MR) is 84.5 cm³/mol. The van der Waals surface area contributed by atoms with Crippen molar-refractivity contribution < 1.29 is 14.3 Å². The first-order valence-electron chi connectivity index (χ1n) is 7.81. The number of likely N-dealkylation sites (tertiary alicyclic amines) is 1. The summed E-state index contributed by atoms with van der Waals surface area (Å²) in [7, 11) is 1.41. The molecule has 0 bridgehead atoms. The van der Waals surface area contributed by atoms with Crippen LogP contribution in [0.25, 0.3) is 0 Å². The second kappa shape index (κ2) is 6.79. The smallest absolute Gasteiger partial charge is 0.323 e. The summed E-state index contributed by atoms with van der Waals surface area (Å²) in [4.78, 5) is 28.4. The molecule has 1 amide bonds. The standard InChI is InChI=1S/C16H22N2O3S/c1-21-16(20)14-3-2-7-17(14)10-15(19)18(13-4-5-13)9-12-6-8-22-11-12/h6,8,11,13-14H,2-5,7,9-10H2,1H3/t14-/m1/s1. The average molecular weight is 322 g/mol. The largest absolute Gasteiger partial charge is 0.468 e. The van der Waals surface area contributed by atoms with Gasteiger partial charge in [-0.25, -0.2) is 0 Å². The number of esters is 1. The molecule has 5 nitrogen and oxygen atoms in total. The molecular weight excluding hydrogens is 300 g/mol. The molecule has 1 atom stereocenters. The molecule has 1 aliphatic heterocycles. The maximum atomic E-state index is 12.7. The Labute approximate surface area is 134 Å². The van der Waals surface area contributed by atoms with Crippen molar-refractivity contribution in [1.82, 2.24) is 9.80 Å². The van der Waals surface area contributed by atoms with Crippen LogP contribution < -0.4 is 0 Å². The van der Waals surface area contributed by atoms with Crippen LogP contribution in [0.2, 0.25) is 0 Å². The Morgan fingerprint density at radius 3 is 2.86 bits per heavy atom. The molecule has 0 N–H and O–H groups in total. The first-order valence-corrected chi connectivity index (χ1v) is 8.75. The number of nitrogens with zero attached hydrogens (tertiary/aromatic N) is 2. The van der Waals surface area contributed by atoms with Gasteiger partial charge in [-0.1, -0.05) is 0 Å². The van der Waals surface area contributed by atoms with E-state index in [0.29, 0.717) is 19.1 Å². The van der Waals surface area contributed by atoms with E-state index in [1.54, 1.807) is 11.3 Å². The summed E-state index contributed by atoms with van der Waals surface area (Å²) in [6.07, 6.45) is 3.92. The molecule has 3 rings (SSSR count). The summed E-state index contributed by atoms with van der Waals surface area (Å²) < 4.78 is 4.85. The van der Waals surface area contributed by atoms with E-state index < -0.39 is 0 Å². The zero-order valence-corrected chi connectivity index (χ0v) is 13.7. The van der Waals surface area contributed by atoms with E-state index in [9.17, 15) is 9.59 Å². The molecule has 2 fully saturated rings. The van der Waals surface area contributed by atoms with Crippen LogP contribution in [0.1, 0.15) is 31.2 Å². The highest BCUT2D eigenvalue weighted by Gasteiger charge is 2.37. The highest BCUT2D eigenvalue weighted by molar-refractivity contribution is 7.07. The van der Waals surface area contributed by atoms with Gasteiger partial charge >= 0.3 is 5.97 Å². The van der Waals surface area contributed by atoms with Gasteiger partial charge in [0.25, 0.3) is 0 Å². The minimum absolute atomic E-state index is 0.129. The lowest BCUT2D eigenvalue weighted by Gasteiger charge is -2.27. The molecule has 1 saturated heterocycles. The van der Waals surface area contributed by atoms with Crippen molar-refractivity contribution in [3.63, 3.8) is 0 Å². The molecule has 0 unspecified atom stereocenters. The molecular formula is C16H22N2O3S. The number of hydrogen-bond donors (Lipinski definition) is 0. The fourth-order valence-corrected chi connectivity index (χ4v) is 3.73. The van der Waals surface area contributed by atoms with Crippen molar-refractivity contribution in [2.24, 2.45) is 0 Å². The fourth-order valence-electron chi connectivity index (χ4n) is 3.07. The van der Waals surface area contributed by atoms with Gasteiger partial charge in [0, 0.05) is 12.6 Å². The lowest BCUT2D eigenvalue weighted by atomic mass is 10.2. The van der Waals surface area contributed by atoms with Gasteiger partial charge in [-0.3, -0.25) is 14.5 Å². The van der Waals surface area contributed by atoms with E-state index in [0.717, 1.165) is 32.2 Å². The van der Waals surface area contributed by atoms with Crippen LogP contribution in [0.15, 0.2) is 16.8 Å². The molecule has 1 aliphatic carbocycles. The Kier molecular flexibility index (Phi) is 4.78. The number of ether oxygens (including phenoxy) is 1. The zero-order valence-electron chi connectivity index (χ0n) is 12.9. The quantitative estimate of drug-likeness (QED) is 0.750. The van der Waals surface area contributed by atoms with Crippen molar-refractivity contribution in [2.75, 3.05) is 20.2 Å². The minimum atomic E-state index is -0.254. The van der Waals surface area contributed by atoms with Gasteiger partial charge in [-0.05, 0) is 54.6 Å². The zero-order chi connectivity index (χ0) is 15.5. The van der Waals surface area contributed by atoms with Gasteiger partial charge in [0.1, 0.15) is 6.04 Å². The molecule has 1 aromatic rings. The van der Waals surface area contributed by atoms with Gasteiger partial charge in [-0.2, -0.15) is 11.3 Å². The van der Waals surface area contributed by atoms with E-state index in [4.69, 9.17) is 4.74 Å². The Morgan fingerprint density at radius 2 is 2.23 bits per heavy atom. The van der Waals surface area contributed by atoms with Crippen LogP contribution >= 0.6 is 11.3 Å². The Bertz CT molecular complexity index is 528. The van der Waals surface area contributed by atoms with Gasteiger partial charge in [0.05, 0.1) is 13.7 Å². The van der Waals surface area contributed by atoms with Crippen molar-refractivity contribution in [3.05, 3.63) is 22.4 Å². The van der Waals surface area contributed by atoms with Crippen molar-refractivity contribution in [1.29, 1.82) is 0 Å². The number of methoxy groups -OCH3 is 1. The van der Waals surface area contributed by atoms with Crippen LogP contribution in [-0.4, -0.2) is 54.0 Å². The van der Waals surface area contributed by atoms with Gasteiger partial charge < -0.3 is 9.64 Å². The SMILES string of the molecule is COC(=O)[C@H]1CCCN1CC(=O)N(Cc1ccsc1)C1CC1. The van der Waals surface area contributed by atoms with Crippen molar-refractivity contribution in [2.45, 2.75) is 44.3 Å². The number of carbonyl (C=O) groups excluding carboxylic acids is 2. The summed E-state index contributed by atoms with van der Waals surface area (Å²) in [5.74, 6) is -0.0920. The maximum Gasteiger partial charge on any atom is 0.323 e. The number of amides is 1. The van der Waals surface area contributed by atoms with Gasteiger partial charge in [0.15, 0.2) is 0 Å². The second-order valence-electron chi connectivity index (χ2n) is 6.04. The van der Waals surface area contributed by atoms with Crippen molar-refractivity contribution in [3.8, 4) is 0 Å². The molecule has 6 heteroatoms. The van der Waals surface area contributed by atoms with Crippen LogP contribution in [0.5, 0.6) is 0 Å². The Morgan fingerprint density at radius 1 is 1.41 bits per heavy atom. The molecule has 0 radical (unpaired) electrons. The van der Waals surface area contributed by atoms with Gasteiger partial charge in [-0.15, -0.1) is 0 Å². The first kappa shape index (κ1) is 15.5. The third kappa shape index (κ3) is 3.50. The number of thiophene rings is 1. The van der Waals surface area contributed by atoms with E-state index in [1.807, 2.05) is 15.2 Å². The Balaban J connectivity index is 1.62. The van der Waals surface area contributed by atoms with E-state index >= 15 is 0 Å². The molecule has 1 saturated carbocycles. The highest BCUT2D eigenvalue weighted by Crippen LogP contribution is 2.29. The first-order chi connectivity index (χ1) is 10.7. The summed E-state index contributed by atoms with van der Waals surface area (Å²) in [6.45, 7) is 1.80. The van der Waals surface area contributed by atoms with Crippen LogP contribution in [0, 0.1) is 0 Å². The lowest BCUT2D eigenvalue weighted by Crippen LogP contribution is -2.45. The maximum absolute atomic E-state index is 12.7. The van der Waals surface area contributed by atoms with Crippen LogP contribution in [-0.2, 0) is 20.9 Å². The average Bonchev–Trinajstić information content (AvgIpc) is 3.03. The lowest BCUT2D eigenvalue weighted by molar-refractivity contribution is -0.147. The highest BCUT2D eigenvalue weighted by atomic mass is 32.1. The van der Waals surface area contributed by atoms with Gasteiger partial charge in [0.2, 0.25) is 5.91 Å². The normalized spacial score (nSPS) is 21.8. The van der Waals surface area contributed by atoms with E-state index in [1.165, 1.54) is 12.7 Å². The topological polar surface area (TPSA) is 49.9 Å². The number of rotatable bonds is 6. The molecule has 0 aromatic carbocycles. The van der Waals surface area contributed by atoms with Crippen LogP contribution in [0.3, 0.4) is 0 Å². The summed E-state index contributed by atoms with van der Waals surface area (Å²) in [5.41, 5.74) is 1.19. The summed E-state index contributed by atoms with van der Waals surface area (Å²) in [6, 6.07) is 2.20. The molecule has 0 spiro atoms. The Hall–Kier alpha value is -1.40. The van der Waals surface area contributed by atoms with Crippen molar-refractivity contribution >= 4 is 23.2 Å². The minimum Gasteiger partial charge on any atom is -0.468 e. The summed E-state index contributed by atoms with van der Waals surface area (Å²) >= 11 is 1.66. The third-order valence-electron chi connectivity index (χ3n) is 4.42. The van der Waals surface area contributed by atoms with E-state index in [-0.39, 0.29) is 17.9 Å². The number of hydrogen-bond acceptors (Lipinski definition) is 5. The van der Waals surface area contributed by atoms with Crippen LogP contribution in [0.4, 0.5) is 0 Å². The molecule has 2 aliphatic rings. The van der Waals surface area contributed by atoms with E-state index in [2.05, 4.69) is 11.4 Å². The second-order valence-corrected chi connectivity index (χ2v) is 6.82. The third-order valence-corrected chi connectivity index (χ3v) is 5.15. The molecule has 1 aromatic heterocycles. The molecule has 22 heavy (non-hydrogen) atoms. The number of carbonyl (C=O) groups is 2. The molecule has 120 valence electrons. The molecule has 2 heterocycles. The monoisotopic (exact) mass is 322 g/mol. The predicted octanol–water partition coefficient (Wildman–Crippen LogP) is 1.88. The summed E-state index contributed by atoms with van der Waals surface area (Å²) in [5, 5.41) is 4.13.